The van der Waals surface area contributed by atoms with Crippen molar-refractivity contribution in [3.8, 4) is 6.19 Å². The Hall–Kier alpha value is -2.84. The largest absolute Gasteiger partial charge is 0.378 e. The zero-order valence-corrected chi connectivity index (χ0v) is 16.0. The van der Waals surface area contributed by atoms with Crippen LogP contribution < -0.4 is 4.90 Å². The second-order valence-electron chi connectivity index (χ2n) is 6.85. The van der Waals surface area contributed by atoms with E-state index in [0.717, 1.165) is 35.5 Å². The Labute approximate surface area is 161 Å². The predicted octanol–water partition coefficient (Wildman–Crippen LogP) is 3.90. The van der Waals surface area contributed by atoms with E-state index in [1.807, 2.05) is 50.2 Å². The molecule has 0 bridgehead atoms. The Bertz CT molecular complexity index is 836. The zero-order chi connectivity index (χ0) is 19.2. The summed E-state index contributed by atoms with van der Waals surface area (Å²) in [6, 6.07) is 16.0. The molecule has 1 heterocycles. The molecule has 1 saturated heterocycles. The summed E-state index contributed by atoms with van der Waals surface area (Å²) in [5, 5.41) is 18.3. The maximum absolute atomic E-state index is 9.78. The first-order chi connectivity index (χ1) is 13.1. The number of nitrogens with zero attached hydrogens (tertiary/aromatic N) is 3. The van der Waals surface area contributed by atoms with Gasteiger partial charge in [-0.15, -0.1) is 0 Å². The number of nitrogens with one attached hydrogen (secondary N) is 1. The minimum Gasteiger partial charge on any atom is -0.378 e. The van der Waals surface area contributed by atoms with Crippen LogP contribution in [0.1, 0.15) is 29.7 Å². The third-order valence-corrected chi connectivity index (χ3v) is 5.14. The van der Waals surface area contributed by atoms with Gasteiger partial charge < -0.3 is 9.64 Å². The van der Waals surface area contributed by atoms with Crippen LogP contribution in [0.4, 0.5) is 5.69 Å². The molecule has 1 N–H and O–H groups in total. The fraction of sp³-hybridized carbons (Fsp3) is 0.364. The van der Waals surface area contributed by atoms with Crippen LogP contribution in [0.15, 0.2) is 48.5 Å². The molecule has 0 aliphatic carbocycles. The van der Waals surface area contributed by atoms with Gasteiger partial charge in [-0.1, -0.05) is 42.5 Å². The van der Waals surface area contributed by atoms with Crippen molar-refractivity contribution in [2.45, 2.75) is 26.3 Å². The molecular formula is C22H26N4O. The summed E-state index contributed by atoms with van der Waals surface area (Å²) in [4.78, 5) is 3.82. The minimum absolute atomic E-state index is 0.203. The Kier molecular flexibility index (Phi) is 6.10. The van der Waals surface area contributed by atoms with E-state index in [2.05, 4.69) is 23.2 Å². The normalized spacial score (nSPS) is 15.1. The second kappa shape index (κ2) is 8.70. The summed E-state index contributed by atoms with van der Waals surface area (Å²) in [5.74, 6) is 0.316. The van der Waals surface area contributed by atoms with Gasteiger partial charge in [0, 0.05) is 25.2 Å². The topological polar surface area (TPSA) is 63.4 Å². The Morgan fingerprint density at radius 3 is 2.56 bits per heavy atom. The maximum Gasteiger partial charge on any atom is 0.185 e. The van der Waals surface area contributed by atoms with E-state index < -0.39 is 0 Å². The number of benzene rings is 2. The first kappa shape index (κ1) is 18.9. The number of amidine groups is 1. The molecule has 27 heavy (non-hydrogen) atoms. The molecule has 1 aliphatic rings. The average molecular weight is 362 g/mol. The molecule has 1 atom stereocenters. The van der Waals surface area contributed by atoms with Gasteiger partial charge in [0.15, 0.2) is 6.19 Å². The fourth-order valence-corrected chi connectivity index (χ4v) is 3.53. The van der Waals surface area contributed by atoms with Gasteiger partial charge in [0.1, 0.15) is 5.84 Å². The average Bonchev–Trinajstić information content (AvgIpc) is 2.71. The van der Waals surface area contributed by atoms with Crippen molar-refractivity contribution in [3.05, 3.63) is 65.2 Å². The molecule has 0 aromatic heterocycles. The second-order valence-corrected chi connectivity index (χ2v) is 6.85. The minimum atomic E-state index is -0.203. The highest BCUT2D eigenvalue weighted by Crippen LogP contribution is 2.31. The summed E-state index contributed by atoms with van der Waals surface area (Å²) in [6.45, 7) is 7.15. The lowest BCUT2D eigenvalue weighted by molar-refractivity contribution is 0.122. The summed E-state index contributed by atoms with van der Waals surface area (Å²) in [6.07, 6.45) is 2.68. The number of hydrogen-bond donors (Lipinski definition) is 1. The van der Waals surface area contributed by atoms with Gasteiger partial charge in [-0.3, -0.25) is 10.3 Å². The third kappa shape index (κ3) is 4.29. The highest BCUT2D eigenvalue weighted by Gasteiger charge is 2.24. The van der Waals surface area contributed by atoms with E-state index in [0.29, 0.717) is 25.5 Å². The molecule has 5 nitrogen and oxygen atoms in total. The van der Waals surface area contributed by atoms with Crippen molar-refractivity contribution in [1.29, 1.82) is 10.7 Å². The van der Waals surface area contributed by atoms with Gasteiger partial charge >= 0.3 is 0 Å². The first-order valence-electron chi connectivity index (χ1n) is 9.34. The van der Waals surface area contributed by atoms with E-state index in [-0.39, 0.29) is 6.04 Å². The van der Waals surface area contributed by atoms with Crippen molar-refractivity contribution in [2.75, 3.05) is 31.2 Å². The molecule has 2 aromatic carbocycles. The standard InChI is InChI=1S/C22H26N4O/c1-17-7-3-4-8-19(17)15-22(24)26(16-23)18(2)20-9-5-6-10-21(20)25-11-13-27-14-12-25/h3-10,18,24H,11-15H2,1-2H3. The molecule has 5 heteroatoms. The van der Waals surface area contributed by atoms with E-state index in [1.165, 1.54) is 4.90 Å². The number of morpholine rings is 1. The van der Waals surface area contributed by atoms with Gasteiger partial charge in [-0.25, -0.2) is 0 Å². The van der Waals surface area contributed by atoms with E-state index >= 15 is 0 Å². The number of hydrogen-bond acceptors (Lipinski definition) is 4. The summed E-state index contributed by atoms with van der Waals surface area (Å²) < 4.78 is 5.47. The highest BCUT2D eigenvalue weighted by atomic mass is 16.5. The smallest absolute Gasteiger partial charge is 0.185 e. The Balaban J connectivity index is 1.83. The molecule has 3 rings (SSSR count). The van der Waals surface area contributed by atoms with E-state index in [1.54, 1.807) is 0 Å². The first-order valence-corrected chi connectivity index (χ1v) is 9.34. The van der Waals surface area contributed by atoms with Crippen molar-refractivity contribution >= 4 is 11.5 Å². The monoisotopic (exact) mass is 362 g/mol. The molecule has 1 aliphatic heterocycles. The van der Waals surface area contributed by atoms with Crippen LogP contribution in [0.5, 0.6) is 0 Å². The van der Waals surface area contributed by atoms with Crippen LogP contribution in [0, 0.1) is 23.8 Å². The van der Waals surface area contributed by atoms with Crippen molar-refractivity contribution < 1.29 is 4.74 Å². The van der Waals surface area contributed by atoms with Crippen LogP contribution in [0.25, 0.3) is 0 Å². The number of ether oxygens (including phenoxy) is 1. The number of rotatable bonds is 5. The van der Waals surface area contributed by atoms with E-state index in [9.17, 15) is 5.26 Å². The van der Waals surface area contributed by atoms with Crippen LogP contribution in [0.2, 0.25) is 0 Å². The zero-order valence-electron chi connectivity index (χ0n) is 16.0. The van der Waals surface area contributed by atoms with Crippen LogP contribution in [-0.4, -0.2) is 37.0 Å². The molecule has 1 unspecified atom stereocenters. The van der Waals surface area contributed by atoms with Crippen molar-refractivity contribution in [2.24, 2.45) is 0 Å². The SMILES string of the molecule is Cc1ccccc1CC(=N)N(C#N)C(C)c1ccccc1N1CCOCC1. The quantitative estimate of drug-likeness (QED) is 0.379. The number of para-hydroxylation sites is 1. The lowest BCUT2D eigenvalue weighted by Crippen LogP contribution is -2.38. The molecule has 0 amide bonds. The predicted molar refractivity (Wildman–Crippen MR) is 108 cm³/mol. The summed E-state index contributed by atoms with van der Waals surface area (Å²) in [7, 11) is 0. The van der Waals surface area contributed by atoms with Gasteiger partial charge in [-0.05, 0) is 36.6 Å². The molecular weight excluding hydrogens is 336 g/mol. The molecule has 0 spiro atoms. The van der Waals surface area contributed by atoms with Crippen LogP contribution >= 0.6 is 0 Å². The van der Waals surface area contributed by atoms with Gasteiger partial charge in [0.2, 0.25) is 0 Å². The summed E-state index contributed by atoms with van der Waals surface area (Å²) >= 11 is 0. The molecule has 0 radical (unpaired) electrons. The Morgan fingerprint density at radius 2 is 1.85 bits per heavy atom. The van der Waals surface area contributed by atoms with E-state index in [4.69, 9.17) is 10.1 Å². The van der Waals surface area contributed by atoms with Crippen LogP contribution in [-0.2, 0) is 11.2 Å². The highest BCUT2D eigenvalue weighted by molar-refractivity contribution is 5.84. The van der Waals surface area contributed by atoms with Crippen molar-refractivity contribution in [3.63, 3.8) is 0 Å². The van der Waals surface area contributed by atoms with Gasteiger partial charge in [0.25, 0.3) is 0 Å². The lowest BCUT2D eigenvalue weighted by atomic mass is 10.0. The van der Waals surface area contributed by atoms with Crippen molar-refractivity contribution in [1.82, 2.24) is 4.90 Å². The number of nitriles is 1. The number of anilines is 1. The molecule has 0 saturated carbocycles. The maximum atomic E-state index is 9.78. The fourth-order valence-electron chi connectivity index (χ4n) is 3.53. The van der Waals surface area contributed by atoms with Gasteiger partial charge in [0.05, 0.1) is 19.3 Å². The molecule has 1 fully saturated rings. The number of aryl methyl sites for hydroxylation is 1. The molecule has 2 aromatic rings. The Morgan fingerprint density at radius 1 is 1.19 bits per heavy atom. The molecule has 140 valence electrons. The lowest BCUT2D eigenvalue weighted by Gasteiger charge is -2.33. The van der Waals surface area contributed by atoms with Crippen LogP contribution in [0.3, 0.4) is 0 Å². The summed E-state index contributed by atoms with van der Waals surface area (Å²) in [5.41, 5.74) is 4.41. The van der Waals surface area contributed by atoms with Gasteiger partial charge in [-0.2, -0.15) is 5.26 Å². The third-order valence-electron chi connectivity index (χ3n) is 5.14.